The van der Waals surface area contributed by atoms with Crippen LogP contribution in [-0.4, -0.2) is 20.3 Å². The van der Waals surface area contributed by atoms with Gasteiger partial charge in [-0.05, 0) is 19.5 Å². The molecule has 0 aromatic carbocycles. The molecule has 0 bridgehead atoms. The molecule has 13 heavy (non-hydrogen) atoms. The Balaban J connectivity index is 2.72. The van der Waals surface area contributed by atoms with Gasteiger partial charge in [0.2, 0.25) is 0 Å². The van der Waals surface area contributed by atoms with Gasteiger partial charge in [-0.25, -0.2) is 0 Å². The number of furan rings is 1. The molecule has 0 amide bonds. The van der Waals surface area contributed by atoms with E-state index in [-0.39, 0.29) is 12.1 Å². The summed E-state index contributed by atoms with van der Waals surface area (Å²) in [5.74, 6) is 0. The quantitative estimate of drug-likeness (QED) is 0.757. The smallest absolute Gasteiger partial charge is 0.0951 e. The molecule has 1 heterocycles. The van der Waals surface area contributed by atoms with Gasteiger partial charge < -0.3 is 14.5 Å². The lowest BCUT2D eigenvalue weighted by Crippen LogP contribution is -2.30. The zero-order chi connectivity index (χ0) is 9.68. The average molecular weight is 183 g/mol. The normalized spacial score (nSPS) is 15.6. The molecule has 1 aromatic rings. The average Bonchev–Trinajstić information content (AvgIpc) is 2.66. The maximum atomic E-state index is 5.37. The van der Waals surface area contributed by atoms with Crippen LogP contribution in [0.1, 0.15) is 24.9 Å². The highest BCUT2D eigenvalue weighted by atomic mass is 16.5. The Morgan fingerprint density at radius 2 is 2.38 bits per heavy atom. The van der Waals surface area contributed by atoms with Gasteiger partial charge in [-0.3, -0.25) is 0 Å². The molecule has 74 valence electrons. The summed E-state index contributed by atoms with van der Waals surface area (Å²) in [7, 11) is 3.66. The van der Waals surface area contributed by atoms with Crippen molar-refractivity contribution < 1.29 is 9.15 Å². The van der Waals surface area contributed by atoms with Crippen molar-refractivity contribution in [2.75, 3.05) is 14.2 Å². The second-order valence-corrected chi connectivity index (χ2v) is 3.01. The maximum Gasteiger partial charge on any atom is 0.0951 e. The first-order valence-electron chi connectivity index (χ1n) is 4.55. The number of nitrogens with one attached hydrogen (secondary N) is 1. The second-order valence-electron chi connectivity index (χ2n) is 3.01. The first kappa shape index (κ1) is 10.3. The van der Waals surface area contributed by atoms with Gasteiger partial charge in [0.05, 0.1) is 24.7 Å². The summed E-state index contributed by atoms with van der Waals surface area (Å²) in [6, 6.07) is 2.18. The minimum Gasteiger partial charge on any atom is -0.472 e. The van der Waals surface area contributed by atoms with Crippen LogP contribution in [0.2, 0.25) is 0 Å². The zero-order valence-electron chi connectivity index (χ0n) is 8.41. The van der Waals surface area contributed by atoms with Crippen molar-refractivity contribution in [3.05, 3.63) is 24.2 Å². The lowest BCUT2D eigenvalue weighted by Gasteiger charge is -2.23. The fourth-order valence-electron chi connectivity index (χ4n) is 1.56. The van der Waals surface area contributed by atoms with E-state index >= 15 is 0 Å². The third-order valence-electron chi connectivity index (χ3n) is 2.29. The highest BCUT2D eigenvalue weighted by Gasteiger charge is 2.20. The van der Waals surface area contributed by atoms with E-state index in [1.54, 1.807) is 19.6 Å². The van der Waals surface area contributed by atoms with Crippen molar-refractivity contribution in [1.29, 1.82) is 0 Å². The van der Waals surface area contributed by atoms with E-state index in [2.05, 4.69) is 12.2 Å². The number of rotatable bonds is 5. The highest BCUT2D eigenvalue weighted by molar-refractivity contribution is 5.13. The van der Waals surface area contributed by atoms with Crippen LogP contribution in [0.5, 0.6) is 0 Å². The van der Waals surface area contributed by atoms with E-state index in [9.17, 15) is 0 Å². The number of methoxy groups -OCH3 is 1. The van der Waals surface area contributed by atoms with Crippen molar-refractivity contribution in [3.63, 3.8) is 0 Å². The molecule has 3 nitrogen and oxygen atoms in total. The molecule has 0 radical (unpaired) electrons. The summed E-state index contributed by atoms with van der Waals surface area (Å²) in [5, 5.41) is 3.22. The van der Waals surface area contributed by atoms with E-state index in [0.29, 0.717) is 0 Å². The van der Waals surface area contributed by atoms with Crippen molar-refractivity contribution in [1.82, 2.24) is 5.32 Å². The van der Waals surface area contributed by atoms with E-state index in [1.807, 2.05) is 13.1 Å². The molecule has 2 atom stereocenters. The summed E-state index contributed by atoms with van der Waals surface area (Å²) in [4.78, 5) is 0. The summed E-state index contributed by atoms with van der Waals surface area (Å²) >= 11 is 0. The largest absolute Gasteiger partial charge is 0.472 e. The molecular formula is C10H17NO2. The number of ether oxygens (including phenoxy) is 1. The van der Waals surface area contributed by atoms with Crippen molar-refractivity contribution in [2.45, 2.75) is 25.5 Å². The first-order valence-corrected chi connectivity index (χ1v) is 4.55. The molecule has 1 aromatic heterocycles. The van der Waals surface area contributed by atoms with E-state index in [1.165, 1.54) is 0 Å². The van der Waals surface area contributed by atoms with Crippen LogP contribution in [-0.2, 0) is 4.74 Å². The van der Waals surface area contributed by atoms with Gasteiger partial charge in [-0.1, -0.05) is 6.92 Å². The van der Waals surface area contributed by atoms with E-state index in [0.717, 1.165) is 12.0 Å². The highest BCUT2D eigenvalue weighted by Crippen LogP contribution is 2.20. The second kappa shape index (κ2) is 5.04. The monoisotopic (exact) mass is 183 g/mol. The van der Waals surface area contributed by atoms with E-state index < -0.39 is 0 Å². The Bertz CT molecular complexity index is 217. The number of likely N-dealkylation sites (N-methyl/N-ethyl adjacent to an activating group) is 1. The van der Waals surface area contributed by atoms with Gasteiger partial charge >= 0.3 is 0 Å². The lowest BCUT2D eigenvalue weighted by atomic mass is 10.0. The Hall–Kier alpha value is -0.800. The summed E-state index contributed by atoms with van der Waals surface area (Å²) in [6.07, 6.45) is 4.61. The van der Waals surface area contributed by atoms with Crippen LogP contribution < -0.4 is 5.32 Å². The van der Waals surface area contributed by atoms with Crippen LogP contribution in [0.15, 0.2) is 23.0 Å². The van der Waals surface area contributed by atoms with Crippen molar-refractivity contribution in [2.24, 2.45) is 0 Å². The molecule has 0 saturated heterocycles. The molecular weight excluding hydrogens is 166 g/mol. The molecule has 1 rings (SSSR count). The van der Waals surface area contributed by atoms with Crippen LogP contribution in [0, 0.1) is 0 Å². The van der Waals surface area contributed by atoms with Gasteiger partial charge in [0, 0.05) is 12.7 Å². The van der Waals surface area contributed by atoms with Crippen LogP contribution >= 0.6 is 0 Å². The Kier molecular flexibility index (Phi) is 3.99. The van der Waals surface area contributed by atoms with Crippen molar-refractivity contribution >= 4 is 0 Å². The molecule has 0 fully saturated rings. The molecule has 0 aliphatic rings. The fraction of sp³-hybridized carbons (Fsp3) is 0.600. The molecule has 1 N–H and O–H groups in total. The van der Waals surface area contributed by atoms with Gasteiger partial charge in [0.15, 0.2) is 0 Å². The van der Waals surface area contributed by atoms with Gasteiger partial charge in [0.25, 0.3) is 0 Å². The van der Waals surface area contributed by atoms with Crippen molar-refractivity contribution in [3.8, 4) is 0 Å². The van der Waals surface area contributed by atoms with Gasteiger partial charge in [-0.15, -0.1) is 0 Å². The maximum absolute atomic E-state index is 5.37. The third kappa shape index (κ3) is 2.32. The third-order valence-corrected chi connectivity index (χ3v) is 2.29. The van der Waals surface area contributed by atoms with Gasteiger partial charge in [-0.2, -0.15) is 0 Å². The molecule has 0 aliphatic heterocycles. The zero-order valence-corrected chi connectivity index (χ0v) is 8.41. The topological polar surface area (TPSA) is 34.4 Å². The number of hydrogen-bond acceptors (Lipinski definition) is 3. The summed E-state index contributed by atoms with van der Waals surface area (Å²) in [6.45, 7) is 2.11. The summed E-state index contributed by atoms with van der Waals surface area (Å²) in [5.41, 5.74) is 1.14. The van der Waals surface area contributed by atoms with Crippen LogP contribution in [0.3, 0.4) is 0 Å². The minimum atomic E-state index is 0.197. The predicted molar refractivity (Wildman–Crippen MR) is 51.6 cm³/mol. The molecule has 0 spiro atoms. The summed E-state index contributed by atoms with van der Waals surface area (Å²) < 4.78 is 10.4. The number of hydrogen-bond donors (Lipinski definition) is 1. The Morgan fingerprint density at radius 1 is 1.62 bits per heavy atom. The van der Waals surface area contributed by atoms with Gasteiger partial charge in [0.1, 0.15) is 0 Å². The SMILES string of the molecule is CCC(OC)C(NC)c1ccoc1. The first-order chi connectivity index (χ1) is 6.33. The standard InChI is InChI=1S/C10H17NO2/c1-4-9(12-3)10(11-2)8-5-6-13-7-8/h5-7,9-11H,4H2,1-3H3. The molecule has 3 heteroatoms. The Morgan fingerprint density at radius 3 is 2.77 bits per heavy atom. The molecule has 0 aliphatic carbocycles. The Labute approximate surface area is 79.1 Å². The van der Waals surface area contributed by atoms with E-state index in [4.69, 9.17) is 9.15 Å². The van der Waals surface area contributed by atoms with Crippen LogP contribution in [0.4, 0.5) is 0 Å². The molecule has 0 saturated carbocycles. The molecule has 2 unspecified atom stereocenters. The van der Waals surface area contributed by atoms with Crippen LogP contribution in [0.25, 0.3) is 0 Å². The minimum absolute atomic E-state index is 0.197. The lowest BCUT2D eigenvalue weighted by molar-refractivity contribution is 0.0674. The fourth-order valence-corrected chi connectivity index (χ4v) is 1.56. The predicted octanol–water partition coefficient (Wildman–Crippen LogP) is 1.97.